The van der Waals surface area contributed by atoms with E-state index in [4.69, 9.17) is 9.47 Å². The molecular formula is C21H28O4. The zero-order valence-corrected chi connectivity index (χ0v) is 15.4. The summed E-state index contributed by atoms with van der Waals surface area (Å²) in [7, 11) is 0. The molecule has 1 aromatic carbocycles. The van der Waals surface area contributed by atoms with E-state index in [1.54, 1.807) is 0 Å². The molecule has 0 amide bonds. The van der Waals surface area contributed by atoms with Gasteiger partial charge in [-0.3, -0.25) is 4.79 Å². The van der Waals surface area contributed by atoms with Crippen LogP contribution < -0.4 is 0 Å². The zero-order valence-electron chi connectivity index (χ0n) is 15.4. The summed E-state index contributed by atoms with van der Waals surface area (Å²) in [4.78, 5) is 12.3. The maximum Gasteiger partial charge on any atom is 0.309 e. The van der Waals surface area contributed by atoms with Gasteiger partial charge in [-0.25, -0.2) is 0 Å². The molecular weight excluding hydrogens is 316 g/mol. The molecule has 3 fully saturated rings. The Morgan fingerprint density at radius 1 is 1.24 bits per heavy atom. The van der Waals surface area contributed by atoms with Gasteiger partial charge in [-0.2, -0.15) is 0 Å². The lowest BCUT2D eigenvalue weighted by Gasteiger charge is -2.56. The first-order chi connectivity index (χ1) is 11.7. The summed E-state index contributed by atoms with van der Waals surface area (Å²) < 4.78 is 11.8. The first-order valence-electron chi connectivity index (χ1n) is 9.38. The third-order valence-corrected chi connectivity index (χ3v) is 6.26. The van der Waals surface area contributed by atoms with Crippen molar-refractivity contribution in [2.75, 3.05) is 0 Å². The van der Waals surface area contributed by atoms with Crippen LogP contribution in [0.4, 0.5) is 0 Å². The second-order valence-electron chi connectivity index (χ2n) is 9.08. The Balaban J connectivity index is 1.56. The molecule has 0 aromatic heterocycles. The first-order valence-corrected chi connectivity index (χ1v) is 9.38. The van der Waals surface area contributed by atoms with Crippen LogP contribution in [-0.2, 0) is 26.5 Å². The molecule has 1 spiro atoms. The van der Waals surface area contributed by atoms with Crippen molar-refractivity contribution in [3.63, 3.8) is 0 Å². The van der Waals surface area contributed by atoms with Gasteiger partial charge in [0.25, 0.3) is 0 Å². The first kappa shape index (κ1) is 17.0. The lowest BCUT2D eigenvalue weighted by atomic mass is 9.53. The van der Waals surface area contributed by atoms with Crippen molar-refractivity contribution < 1.29 is 19.4 Å². The predicted molar refractivity (Wildman–Crippen MR) is 93.8 cm³/mol. The van der Waals surface area contributed by atoms with E-state index in [-0.39, 0.29) is 29.8 Å². The predicted octanol–water partition coefficient (Wildman–Crippen LogP) is 3.70. The van der Waals surface area contributed by atoms with Crippen LogP contribution in [0.1, 0.15) is 64.0 Å². The third-order valence-electron chi connectivity index (χ3n) is 6.26. The highest BCUT2D eigenvalue weighted by atomic mass is 16.6. The van der Waals surface area contributed by atoms with Crippen LogP contribution in [0.2, 0.25) is 0 Å². The average molecular weight is 344 g/mol. The molecule has 1 aromatic rings. The number of hydrogen-bond acceptors (Lipinski definition) is 4. The van der Waals surface area contributed by atoms with Crippen LogP contribution >= 0.6 is 0 Å². The molecule has 4 nitrogen and oxygen atoms in total. The Bertz CT molecular complexity index is 691. The van der Waals surface area contributed by atoms with Crippen LogP contribution in [0.5, 0.6) is 0 Å². The molecule has 136 valence electrons. The Labute approximate surface area is 149 Å². The van der Waals surface area contributed by atoms with Crippen LogP contribution in [-0.4, -0.2) is 22.3 Å². The number of rotatable bonds is 2. The maximum atomic E-state index is 12.3. The molecule has 4 aliphatic rings. The van der Waals surface area contributed by atoms with Crippen molar-refractivity contribution in [1.82, 2.24) is 0 Å². The number of esters is 1. The second kappa shape index (κ2) is 5.55. The van der Waals surface area contributed by atoms with E-state index >= 15 is 0 Å². The van der Waals surface area contributed by atoms with E-state index in [0.717, 1.165) is 19.3 Å². The van der Waals surface area contributed by atoms with E-state index in [1.807, 2.05) is 20.8 Å². The molecule has 0 unspecified atom stereocenters. The summed E-state index contributed by atoms with van der Waals surface area (Å²) in [5, 5.41) is 11.3. The summed E-state index contributed by atoms with van der Waals surface area (Å²) in [6.07, 6.45) is 3.51. The van der Waals surface area contributed by atoms with Gasteiger partial charge in [0.15, 0.2) is 0 Å². The van der Waals surface area contributed by atoms with Crippen molar-refractivity contribution in [1.29, 1.82) is 0 Å². The summed E-state index contributed by atoms with van der Waals surface area (Å²) in [5.74, 6) is 0.0362. The summed E-state index contributed by atoms with van der Waals surface area (Å²) in [6, 6.07) is 8.45. The molecule has 25 heavy (non-hydrogen) atoms. The van der Waals surface area contributed by atoms with Crippen molar-refractivity contribution >= 4 is 5.97 Å². The number of carbonyl (C=O) groups excluding carboxylic acids is 1. The molecule has 3 saturated carbocycles. The highest BCUT2D eigenvalue weighted by Gasteiger charge is 2.60. The van der Waals surface area contributed by atoms with Crippen molar-refractivity contribution in [2.24, 2.45) is 11.8 Å². The van der Waals surface area contributed by atoms with Gasteiger partial charge in [0.05, 0.1) is 24.2 Å². The standard InChI is InChI=1S/C21H28O4/c1-19(2,3)25-18(22)12-20(23)10-16-9-8-15(20)11-21(16)17-7-5-4-6-14(17)13-24-21/h4-7,15-16,23H,8-13H2,1-3H3/t15-,16-,20-,21+/m1/s1. The number of carbonyl (C=O) groups is 1. The minimum Gasteiger partial charge on any atom is -0.460 e. The lowest BCUT2D eigenvalue weighted by molar-refractivity contribution is -0.216. The SMILES string of the molecule is CC(C)(C)OC(=O)C[C@]1(O)C[C@H]2CC[C@@H]1C[C@]21OCc2ccccc21. The third kappa shape index (κ3) is 2.80. The Hall–Kier alpha value is -1.39. The van der Waals surface area contributed by atoms with E-state index in [0.29, 0.717) is 13.0 Å². The summed E-state index contributed by atoms with van der Waals surface area (Å²) in [6.45, 7) is 6.24. The van der Waals surface area contributed by atoms with Gasteiger partial charge in [0, 0.05) is 0 Å². The highest BCUT2D eigenvalue weighted by Crippen LogP contribution is 2.61. The maximum absolute atomic E-state index is 12.3. The van der Waals surface area contributed by atoms with Gasteiger partial charge in [-0.15, -0.1) is 0 Å². The molecule has 0 radical (unpaired) electrons. The molecule has 1 heterocycles. The van der Waals surface area contributed by atoms with Crippen molar-refractivity contribution in [2.45, 2.75) is 76.3 Å². The zero-order chi connectivity index (χ0) is 17.9. The van der Waals surface area contributed by atoms with Gasteiger partial charge in [0.2, 0.25) is 0 Å². The number of ether oxygens (including phenoxy) is 2. The number of fused-ring (bicyclic) bond motifs is 3. The van der Waals surface area contributed by atoms with Gasteiger partial charge in [-0.1, -0.05) is 24.3 Å². The average Bonchev–Trinajstić information content (AvgIpc) is 2.86. The van der Waals surface area contributed by atoms with Crippen molar-refractivity contribution in [3.8, 4) is 0 Å². The van der Waals surface area contributed by atoms with Gasteiger partial charge >= 0.3 is 5.97 Å². The Morgan fingerprint density at radius 2 is 1.96 bits per heavy atom. The molecule has 3 aliphatic carbocycles. The van der Waals surface area contributed by atoms with Gasteiger partial charge < -0.3 is 14.6 Å². The Morgan fingerprint density at radius 3 is 2.64 bits per heavy atom. The fourth-order valence-electron chi connectivity index (χ4n) is 5.28. The van der Waals surface area contributed by atoms with Crippen molar-refractivity contribution in [3.05, 3.63) is 35.4 Å². The molecule has 5 rings (SSSR count). The summed E-state index contributed by atoms with van der Waals surface area (Å²) >= 11 is 0. The highest BCUT2D eigenvalue weighted by molar-refractivity contribution is 5.71. The fraction of sp³-hybridized carbons (Fsp3) is 0.667. The Kier molecular flexibility index (Phi) is 3.79. The topological polar surface area (TPSA) is 55.8 Å². The molecule has 4 atom stereocenters. The van der Waals surface area contributed by atoms with E-state index < -0.39 is 11.2 Å². The molecule has 2 bridgehead atoms. The smallest absolute Gasteiger partial charge is 0.309 e. The van der Waals surface area contributed by atoms with Crippen LogP contribution in [0, 0.1) is 11.8 Å². The second-order valence-corrected chi connectivity index (χ2v) is 9.08. The number of aliphatic hydroxyl groups is 1. The van der Waals surface area contributed by atoms with Crippen LogP contribution in [0.25, 0.3) is 0 Å². The molecule has 0 saturated heterocycles. The number of hydrogen-bond donors (Lipinski definition) is 1. The van der Waals surface area contributed by atoms with Gasteiger partial charge in [0.1, 0.15) is 5.60 Å². The minimum atomic E-state index is -0.961. The van der Waals surface area contributed by atoms with E-state index in [9.17, 15) is 9.90 Å². The van der Waals surface area contributed by atoms with E-state index in [1.165, 1.54) is 11.1 Å². The van der Waals surface area contributed by atoms with E-state index in [2.05, 4.69) is 24.3 Å². The lowest BCUT2D eigenvalue weighted by Crippen LogP contribution is -2.58. The van der Waals surface area contributed by atoms with Crippen LogP contribution in [0.3, 0.4) is 0 Å². The fourth-order valence-corrected chi connectivity index (χ4v) is 5.28. The summed E-state index contributed by atoms with van der Waals surface area (Å²) in [5.41, 5.74) is 0.821. The number of benzene rings is 1. The van der Waals surface area contributed by atoms with Gasteiger partial charge in [-0.05, 0) is 69.4 Å². The molecule has 1 aliphatic heterocycles. The monoisotopic (exact) mass is 344 g/mol. The van der Waals surface area contributed by atoms with Crippen LogP contribution in [0.15, 0.2) is 24.3 Å². The minimum absolute atomic E-state index is 0.0798. The molecule has 4 heteroatoms. The largest absolute Gasteiger partial charge is 0.460 e. The quantitative estimate of drug-likeness (QED) is 0.831. The molecule has 1 N–H and O–H groups in total. The normalized spacial score (nSPS) is 36.5.